The Balaban J connectivity index is 2.08. The first-order chi connectivity index (χ1) is 12.7. The first kappa shape index (κ1) is 20.4. The van der Waals surface area contributed by atoms with Crippen LogP contribution in [0.2, 0.25) is 0 Å². The molecule has 0 spiro atoms. The van der Waals surface area contributed by atoms with E-state index in [4.69, 9.17) is 9.47 Å². The molecule has 0 heterocycles. The van der Waals surface area contributed by atoms with Crippen LogP contribution < -0.4 is 4.74 Å². The highest BCUT2D eigenvalue weighted by atomic mass is 19.1. The molecule has 0 amide bonds. The standard InChI is InChI=1S/C22H23FO4/c1-5-17-9-10-19(21(23)18(17)13-24)26-14-16-8-6-7-15(11-16)12-20(25)27-22(2,3)4/h5-11,13H,1,12,14H2,2-4H3. The zero-order chi connectivity index (χ0) is 20.0. The Morgan fingerprint density at radius 1 is 1.19 bits per heavy atom. The number of carbonyl (C=O) groups is 2. The second-order valence-electron chi connectivity index (χ2n) is 7.07. The summed E-state index contributed by atoms with van der Waals surface area (Å²) in [5, 5.41) is 0. The van der Waals surface area contributed by atoms with Crippen molar-refractivity contribution >= 4 is 18.3 Å². The van der Waals surface area contributed by atoms with Crippen LogP contribution in [-0.2, 0) is 22.6 Å². The molecule has 0 atom stereocenters. The maximum absolute atomic E-state index is 14.4. The molecule has 0 aliphatic carbocycles. The van der Waals surface area contributed by atoms with E-state index in [1.165, 1.54) is 12.1 Å². The van der Waals surface area contributed by atoms with Crippen LogP contribution in [0.25, 0.3) is 6.08 Å². The van der Waals surface area contributed by atoms with Crippen LogP contribution in [0.15, 0.2) is 43.0 Å². The number of esters is 1. The van der Waals surface area contributed by atoms with E-state index in [2.05, 4.69) is 6.58 Å². The Hall–Kier alpha value is -2.95. The molecule has 142 valence electrons. The van der Waals surface area contributed by atoms with Gasteiger partial charge in [-0.15, -0.1) is 0 Å². The molecule has 0 unspecified atom stereocenters. The summed E-state index contributed by atoms with van der Waals surface area (Å²) in [4.78, 5) is 23.0. The highest BCUT2D eigenvalue weighted by molar-refractivity contribution is 5.82. The summed E-state index contributed by atoms with van der Waals surface area (Å²) in [5.41, 5.74) is 1.34. The van der Waals surface area contributed by atoms with Gasteiger partial charge in [-0.1, -0.05) is 43.0 Å². The van der Waals surface area contributed by atoms with E-state index in [-0.39, 0.29) is 30.3 Å². The molecule has 2 aromatic carbocycles. The third-order valence-electron chi connectivity index (χ3n) is 3.67. The average molecular weight is 370 g/mol. The summed E-state index contributed by atoms with van der Waals surface area (Å²) in [6.07, 6.45) is 2.00. The summed E-state index contributed by atoms with van der Waals surface area (Å²) in [5.74, 6) is -1.05. The number of benzene rings is 2. The van der Waals surface area contributed by atoms with Gasteiger partial charge >= 0.3 is 5.97 Å². The Bertz CT molecular complexity index is 850. The fraction of sp³-hybridized carbons (Fsp3) is 0.273. The fourth-order valence-corrected chi connectivity index (χ4v) is 2.53. The van der Waals surface area contributed by atoms with E-state index in [9.17, 15) is 14.0 Å². The van der Waals surface area contributed by atoms with Gasteiger partial charge in [-0.3, -0.25) is 9.59 Å². The van der Waals surface area contributed by atoms with E-state index < -0.39 is 11.4 Å². The van der Waals surface area contributed by atoms with Gasteiger partial charge in [0.2, 0.25) is 0 Å². The number of hydrogen-bond acceptors (Lipinski definition) is 4. The van der Waals surface area contributed by atoms with Gasteiger partial charge in [0.15, 0.2) is 17.9 Å². The van der Waals surface area contributed by atoms with Crippen molar-refractivity contribution in [2.75, 3.05) is 0 Å². The first-order valence-corrected chi connectivity index (χ1v) is 8.56. The summed E-state index contributed by atoms with van der Waals surface area (Å²) >= 11 is 0. The molecule has 0 bridgehead atoms. The fourth-order valence-electron chi connectivity index (χ4n) is 2.53. The zero-order valence-electron chi connectivity index (χ0n) is 15.8. The van der Waals surface area contributed by atoms with Crippen LogP contribution in [-0.4, -0.2) is 17.9 Å². The van der Waals surface area contributed by atoms with Crippen LogP contribution in [0.1, 0.15) is 47.8 Å². The number of halogens is 1. The lowest BCUT2D eigenvalue weighted by Gasteiger charge is -2.19. The minimum absolute atomic E-state index is 0.0137. The Morgan fingerprint density at radius 3 is 2.52 bits per heavy atom. The van der Waals surface area contributed by atoms with Crippen LogP contribution in [0.5, 0.6) is 5.75 Å². The molecule has 4 nitrogen and oxygen atoms in total. The minimum Gasteiger partial charge on any atom is -0.486 e. The predicted octanol–water partition coefficient (Wildman–Crippen LogP) is 4.74. The van der Waals surface area contributed by atoms with Gasteiger partial charge in [0.05, 0.1) is 12.0 Å². The molecule has 0 aliphatic heterocycles. The van der Waals surface area contributed by atoms with Crippen molar-refractivity contribution in [2.45, 2.75) is 39.4 Å². The highest BCUT2D eigenvalue weighted by Crippen LogP contribution is 2.24. The first-order valence-electron chi connectivity index (χ1n) is 8.56. The smallest absolute Gasteiger partial charge is 0.310 e. The quantitative estimate of drug-likeness (QED) is 0.522. The molecule has 0 saturated heterocycles. The van der Waals surface area contributed by atoms with Gasteiger partial charge in [0.1, 0.15) is 12.2 Å². The molecule has 0 radical (unpaired) electrons. The number of ether oxygens (including phenoxy) is 2. The predicted molar refractivity (Wildman–Crippen MR) is 102 cm³/mol. The molecule has 5 heteroatoms. The van der Waals surface area contributed by atoms with Crippen LogP contribution in [0.3, 0.4) is 0 Å². The van der Waals surface area contributed by atoms with Gasteiger partial charge < -0.3 is 9.47 Å². The third kappa shape index (κ3) is 5.78. The van der Waals surface area contributed by atoms with Gasteiger partial charge in [0.25, 0.3) is 0 Å². The van der Waals surface area contributed by atoms with E-state index in [1.54, 1.807) is 18.2 Å². The maximum atomic E-state index is 14.4. The molecule has 0 aliphatic rings. The molecule has 0 saturated carbocycles. The lowest BCUT2D eigenvalue weighted by atomic mass is 10.1. The summed E-state index contributed by atoms with van der Waals surface area (Å²) in [6.45, 7) is 9.10. The Labute approximate surface area is 158 Å². The van der Waals surface area contributed by atoms with Gasteiger partial charge in [0, 0.05) is 0 Å². The second-order valence-corrected chi connectivity index (χ2v) is 7.07. The van der Waals surface area contributed by atoms with Crippen molar-refractivity contribution in [2.24, 2.45) is 0 Å². The largest absolute Gasteiger partial charge is 0.486 e. The number of carbonyl (C=O) groups excluding carboxylic acids is 2. The topological polar surface area (TPSA) is 52.6 Å². The van der Waals surface area contributed by atoms with Crippen molar-refractivity contribution in [3.05, 3.63) is 71.0 Å². The van der Waals surface area contributed by atoms with Crippen molar-refractivity contribution in [1.82, 2.24) is 0 Å². The van der Waals surface area contributed by atoms with E-state index >= 15 is 0 Å². The summed E-state index contributed by atoms with van der Waals surface area (Å²) in [6, 6.07) is 10.3. The average Bonchev–Trinajstić information content (AvgIpc) is 2.59. The molecule has 0 fully saturated rings. The SMILES string of the molecule is C=Cc1ccc(OCc2cccc(CC(=O)OC(C)(C)C)c2)c(F)c1C=O. The molecule has 2 aromatic rings. The molecule has 27 heavy (non-hydrogen) atoms. The summed E-state index contributed by atoms with van der Waals surface area (Å²) < 4.78 is 25.2. The van der Waals surface area contributed by atoms with E-state index in [1.807, 2.05) is 32.9 Å². The van der Waals surface area contributed by atoms with Crippen LogP contribution in [0.4, 0.5) is 4.39 Å². The van der Waals surface area contributed by atoms with E-state index in [0.717, 1.165) is 11.1 Å². The van der Waals surface area contributed by atoms with E-state index in [0.29, 0.717) is 11.8 Å². The molecular weight excluding hydrogens is 347 g/mol. The molecule has 0 N–H and O–H groups in total. The lowest BCUT2D eigenvalue weighted by molar-refractivity contribution is -0.153. The van der Waals surface area contributed by atoms with Crippen molar-refractivity contribution < 1.29 is 23.5 Å². The van der Waals surface area contributed by atoms with Crippen molar-refractivity contribution in [3.8, 4) is 5.75 Å². The maximum Gasteiger partial charge on any atom is 0.310 e. The minimum atomic E-state index is -0.715. The van der Waals surface area contributed by atoms with Gasteiger partial charge in [-0.25, -0.2) is 4.39 Å². The monoisotopic (exact) mass is 370 g/mol. The summed E-state index contributed by atoms with van der Waals surface area (Å²) in [7, 11) is 0. The van der Waals surface area contributed by atoms with Crippen molar-refractivity contribution in [3.63, 3.8) is 0 Å². The highest BCUT2D eigenvalue weighted by Gasteiger charge is 2.17. The number of hydrogen-bond donors (Lipinski definition) is 0. The zero-order valence-corrected chi connectivity index (χ0v) is 15.8. The van der Waals surface area contributed by atoms with Crippen LogP contribution in [0, 0.1) is 5.82 Å². The number of rotatable bonds is 7. The Kier molecular flexibility index (Phi) is 6.50. The van der Waals surface area contributed by atoms with Crippen LogP contribution >= 0.6 is 0 Å². The van der Waals surface area contributed by atoms with Crippen molar-refractivity contribution in [1.29, 1.82) is 0 Å². The third-order valence-corrected chi connectivity index (χ3v) is 3.67. The molecule has 2 rings (SSSR count). The molecule has 0 aromatic heterocycles. The Morgan fingerprint density at radius 2 is 1.89 bits per heavy atom. The number of aldehydes is 1. The lowest BCUT2D eigenvalue weighted by Crippen LogP contribution is -2.24. The van der Waals surface area contributed by atoms with Gasteiger partial charge in [-0.05, 0) is 43.5 Å². The molecular formula is C22H23FO4. The van der Waals surface area contributed by atoms with Gasteiger partial charge in [-0.2, -0.15) is 0 Å². The normalized spacial score (nSPS) is 11.0. The second kappa shape index (κ2) is 8.62.